The summed E-state index contributed by atoms with van der Waals surface area (Å²) >= 11 is 0. The minimum Gasteiger partial charge on any atom is -0.394 e. The van der Waals surface area contributed by atoms with Gasteiger partial charge in [0.2, 0.25) is 0 Å². The average Bonchev–Trinajstić information content (AvgIpc) is 2.89. The number of hydrogen-bond donors (Lipinski definition) is 8. The van der Waals surface area contributed by atoms with E-state index in [1.807, 2.05) is 12.1 Å². The van der Waals surface area contributed by atoms with Crippen molar-refractivity contribution in [2.75, 3.05) is 13.2 Å². The number of hydrogen-bond acceptors (Lipinski definition) is 10. The first-order valence-electron chi connectivity index (χ1n) is 11.4. The molecular weight excluding hydrogens is 472 g/mol. The molecule has 0 bridgehead atoms. The Balaban J connectivity index is 1.50. The molecule has 2 aromatic carbocycles. The van der Waals surface area contributed by atoms with Gasteiger partial charge in [0.15, 0.2) is 0 Å². The lowest BCUT2D eigenvalue weighted by Gasteiger charge is -2.37. The van der Waals surface area contributed by atoms with Gasteiger partial charge in [0.25, 0.3) is 0 Å². The van der Waals surface area contributed by atoms with E-state index >= 15 is 0 Å². The summed E-state index contributed by atoms with van der Waals surface area (Å²) in [7, 11) is 0. The number of aliphatic hydroxyl groups is 8. The van der Waals surface area contributed by atoms with Crippen molar-refractivity contribution in [1.29, 1.82) is 0 Å². The van der Waals surface area contributed by atoms with E-state index in [-0.39, 0.29) is 0 Å². The van der Waals surface area contributed by atoms with E-state index in [9.17, 15) is 40.9 Å². The highest BCUT2D eigenvalue weighted by Crippen LogP contribution is 2.23. The monoisotopic (exact) mass is 500 g/mol. The van der Waals surface area contributed by atoms with Crippen molar-refractivity contribution in [1.82, 2.24) is 0 Å². The highest BCUT2D eigenvalue weighted by molar-refractivity contribution is 5.85. The van der Waals surface area contributed by atoms with Crippen molar-refractivity contribution in [2.45, 2.75) is 61.0 Å². The van der Waals surface area contributed by atoms with Crippen LogP contribution in [0.2, 0.25) is 0 Å². The maximum atomic E-state index is 10.1. The molecule has 2 heterocycles. The minimum atomic E-state index is -1.49. The predicted molar refractivity (Wildman–Crippen MR) is 125 cm³/mol. The van der Waals surface area contributed by atoms with E-state index in [0.717, 1.165) is 10.8 Å². The number of ether oxygens (including phenoxy) is 2. The van der Waals surface area contributed by atoms with Gasteiger partial charge in [-0.2, -0.15) is 0 Å². The molecule has 0 radical (unpaired) electrons. The standard InChI is InChI=1S/C26H28O10/c27-11-19-23(31)25(33)21(29)17(35-19)7-3-13-1-5-15-10-14(2-6-16(15)9-13)4-8-18-22(30)26(34)24(32)20(12-28)36-18/h1-2,5-6,9-10,17-34H,11-12H2/t17-,18-,19-,20-,21-,22-,23-,24-,25-,26?/m1/s1. The number of fused-ring (bicyclic) bond motifs is 1. The summed E-state index contributed by atoms with van der Waals surface area (Å²) in [5.74, 6) is 11.2. The van der Waals surface area contributed by atoms with Gasteiger partial charge in [0.05, 0.1) is 13.2 Å². The van der Waals surface area contributed by atoms with Gasteiger partial charge >= 0.3 is 0 Å². The fourth-order valence-electron chi connectivity index (χ4n) is 4.15. The van der Waals surface area contributed by atoms with Gasteiger partial charge in [-0.25, -0.2) is 0 Å². The molecule has 0 amide bonds. The molecule has 2 aliphatic heterocycles. The first-order valence-corrected chi connectivity index (χ1v) is 11.4. The van der Waals surface area contributed by atoms with Crippen LogP contribution in [-0.4, -0.2) is 115 Å². The third-order valence-corrected chi connectivity index (χ3v) is 6.34. The quantitative estimate of drug-likeness (QED) is 0.201. The van der Waals surface area contributed by atoms with Gasteiger partial charge in [-0.3, -0.25) is 0 Å². The molecule has 8 N–H and O–H groups in total. The van der Waals surface area contributed by atoms with Crippen LogP contribution in [0.3, 0.4) is 0 Å². The maximum Gasteiger partial charge on any atom is 0.147 e. The van der Waals surface area contributed by atoms with Crippen molar-refractivity contribution in [2.24, 2.45) is 0 Å². The third-order valence-electron chi connectivity index (χ3n) is 6.34. The predicted octanol–water partition coefficient (Wildman–Crippen LogP) is -2.77. The summed E-state index contributed by atoms with van der Waals surface area (Å²) in [6.07, 6.45) is -13.0. The van der Waals surface area contributed by atoms with Crippen molar-refractivity contribution < 1.29 is 50.3 Å². The van der Waals surface area contributed by atoms with Crippen LogP contribution in [-0.2, 0) is 9.47 Å². The fraction of sp³-hybridized carbons (Fsp3) is 0.462. The second kappa shape index (κ2) is 11.2. The maximum absolute atomic E-state index is 10.1. The Morgan fingerprint density at radius 3 is 1.31 bits per heavy atom. The molecule has 2 fully saturated rings. The normalized spacial score (nSPS) is 36.4. The van der Waals surface area contributed by atoms with Crippen LogP contribution in [0.5, 0.6) is 0 Å². The second-order valence-corrected chi connectivity index (χ2v) is 8.81. The zero-order valence-electron chi connectivity index (χ0n) is 19.0. The summed E-state index contributed by atoms with van der Waals surface area (Å²) in [6, 6.07) is 10.7. The molecule has 2 aromatic rings. The SMILES string of the molecule is OC[C@H]1O[C@H](C#Cc2ccc3cc(C#C[C@H]4O[C@H](CO)[C@@H](O)C(O)[C@@H]4O)ccc3c2)[C@@H](O)[C@@H](O)[C@@H]1O. The Bertz CT molecular complexity index is 1100. The Kier molecular flexibility index (Phi) is 8.25. The Hall–Kier alpha value is -2.58. The van der Waals surface area contributed by atoms with Gasteiger partial charge in [-0.15, -0.1) is 0 Å². The molecule has 0 spiro atoms. The summed E-state index contributed by atoms with van der Waals surface area (Å²) in [6.45, 7) is -1.05. The Morgan fingerprint density at radius 1 is 0.556 bits per heavy atom. The van der Waals surface area contributed by atoms with Crippen LogP contribution in [0.15, 0.2) is 36.4 Å². The van der Waals surface area contributed by atoms with Gasteiger partial charge in [0.1, 0.15) is 61.0 Å². The lowest BCUT2D eigenvalue weighted by atomic mass is 9.95. The van der Waals surface area contributed by atoms with Crippen LogP contribution in [0.4, 0.5) is 0 Å². The van der Waals surface area contributed by atoms with Crippen molar-refractivity contribution in [3.05, 3.63) is 47.5 Å². The Labute approximate surface area is 207 Å². The van der Waals surface area contributed by atoms with Crippen molar-refractivity contribution in [3.8, 4) is 23.7 Å². The molecule has 2 saturated heterocycles. The van der Waals surface area contributed by atoms with E-state index in [1.165, 1.54) is 0 Å². The summed E-state index contributed by atoms with van der Waals surface area (Å²) < 4.78 is 10.8. The van der Waals surface area contributed by atoms with E-state index in [1.54, 1.807) is 24.3 Å². The van der Waals surface area contributed by atoms with E-state index in [2.05, 4.69) is 23.7 Å². The van der Waals surface area contributed by atoms with Crippen LogP contribution in [0, 0.1) is 23.7 Å². The summed E-state index contributed by atoms with van der Waals surface area (Å²) in [4.78, 5) is 0. The van der Waals surface area contributed by atoms with Crippen LogP contribution >= 0.6 is 0 Å². The third kappa shape index (κ3) is 5.39. The highest BCUT2D eigenvalue weighted by Gasteiger charge is 2.43. The molecule has 2 aliphatic rings. The van der Waals surface area contributed by atoms with E-state index in [0.29, 0.717) is 11.1 Å². The average molecular weight is 501 g/mol. The molecule has 0 saturated carbocycles. The number of aliphatic hydroxyl groups excluding tert-OH is 8. The largest absolute Gasteiger partial charge is 0.394 e. The molecule has 36 heavy (non-hydrogen) atoms. The van der Waals surface area contributed by atoms with Crippen LogP contribution < -0.4 is 0 Å². The molecule has 10 nitrogen and oxygen atoms in total. The van der Waals surface area contributed by atoms with Crippen molar-refractivity contribution in [3.63, 3.8) is 0 Å². The second-order valence-electron chi connectivity index (χ2n) is 8.81. The summed E-state index contributed by atoms with van der Waals surface area (Å²) in [5.41, 5.74) is 1.22. The zero-order valence-corrected chi connectivity index (χ0v) is 19.0. The molecular formula is C26H28O10. The molecule has 10 heteroatoms. The van der Waals surface area contributed by atoms with Crippen LogP contribution in [0.1, 0.15) is 11.1 Å². The molecule has 192 valence electrons. The Morgan fingerprint density at radius 2 is 0.944 bits per heavy atom. The molecule has 4 rings (SSSR count). The molecule has 1 unspecified atom stereocenters. The lowest BCUT2D eigenvalue weighted by molar-refractivity contribution is -0.214. The topological polar surface area (TPSA) is 180 Å². The summed E-state index contributed by atoms with van der Waals surface area (Å²) in [5, 5.41) is 80.1. The highest BCUT2D eigenvalue weighted by atomic mass is 16.5. The first kappa shape index (κ1) is 26.5. The molecule has 0 aliphatic carbocycles. The van der Waals surface area contributed by atoms with E-state index < -0.39 is 74.3 Å². The van der Waals surface area contributed by atoms with Crippen molar-refractivity contribution >= 4 is 10.8 Å². The molecule has 10 atom stereocenters. The smallest absolute Gasteiger partial charge is 0.147 e. The van der Waals surface area contributed by atoms with Gasteiger partial charge < -0.3 is 50.3 Å². The molecule has 0 aromatic heterocycles. The zero-order chi connectivity index (χ0) is 26.0. The van der Waals surface area contributed by atoms with Gasteiger partial charge in [-0.1, -0.05) is 35.8 Å². The van der Waals surface area contributed by atoms with E-state index in [4.69, 9.17) is 9.47 Å². The first-order chi connectivity index (χ1) is 17.2. The number of benzene rings is 2. The van der Waals surface area contributed by atoms with Gasteiger partial charge in [-0.05, 0) is 35.0 Å². The lowest BCUT2D eigenvalue weighted by Crippen LogP contribution is -2.58. The van der Waals surface area contributed by atoms with Crippen LogP contribution in [0.25, 0.3) is 10.8 Å². The number of rotatable bonds is 2. The van der Waals surface area contributed by atoms with Gasteiger partial charge in [0, 0.05) is 11.1 Å². The minimum absolute atomic E-state index is 0.527. The fourth-order valence-corrected chi connectivity index (χ4v) is 4.15.